The van der Waals surface area contributed by atoms with Gasteiger partial charge in [-0.3, -0.25) is 0 Å². The van der Waals surface area contributed by atoms with E-state index in [4.69, 9.17) is 9.97 Å². The van der Waals surface area contributed by atoms with Crippen molar-refractivity contribution in [1.82, 2.24) is 23.7 Å². The lowest BCUT2D eigenvalue weighted by Crippen LogP contribution is -1.98. The Labute approximate surface area is 454 Å². The zero-order valence-electron chi connectivity index (χ0n) is 42.5. The first kappa shape index (κ1) is 45.3. The van der Waals surface area contributed by atoms with Gasteiger partial charge in [0.25, 0.3) is 0 Å². The molecule has 366 valence electrons. The van der Waals surface area contributed by atoms with Gasteiger partial charge in [-0.25, -0.2) is 9.97 Å². The number of aromatic nitrogens is 5. The van der Waals surface area contributed by atoms with E-state index in [0.29, 0.717) is 33.8 Å². The first-order valence-corrected chi connectivity index (χ1v) is 26.3. The summed E-state index contributed by atoms with van der Waals surface area (Å²) in [4.78, 5) is 9.91. The van der Waals surface area contributed by atoms with Crippen LogP contribution in [-0.4, -0.2) is 23.7 Å². The Bertz CT molecular complexity index is 4640. The molecule has 7 nitrogen and oxygen atoms in total. The zero-order valence-corrected chi connectivity index (χ0v) is 42.5. The van der Waals surface area contributed by atoms with Gasteiger partial charge in [0.1, 0.15) is 0 Å². The molecule has 0 bridgehead atoms. The third-order valence-electron chi connectivity index (χ3n) is 15.5. The Morgan fingerprint density at radius 2 is 0.620 bits per heavy atom. The summed E-state index contributed by atoms with van der Waals surface area (Å²) in [5.74, 6) is 0.562. The average molecular weight is 1010 g/mol. The van der Waals surface area contributed by atoms with Crippen LogP contribution in [0.1, 0.15) is 11.1 Å². The maximum absolute atomic E-state index is 10.7. The van der Waals surface area contributed by atoms with Crippen molar-refractivity contribution in [2.75, 3.05) is 0 Å². The molecule has 15 rings (SSSR count). The molecule has 0 atom stereocenters. The molecule has 79 heavy (non-hydrogen) atoms. The van der Waals surface area contributed by atoms with E-state index in [1.807, 2.05) is 91.0 Å². The van der Waals surface area contributed by atoms with Gasteiger partial charge in [-0.1, -0.05) is 170 Å². The fraction of sp³-hybridized carbons (Fsp3) is 0. The predicted octanol–water partition coefficient (Wildman–Crippen LogP) is 17.8. The average Bonchev–Trinajstić information content (AvgIpc) is 4.35. The van der Waals surface area contributed by atoms with Crippen LogP contribution in [0.3, 0.4) is 0 Å². The summed E-state index contributed by atoms with van der Waals surface area (Å²) in [6.45, 7) is 0. The Morgan fingerprint density at radius 1 is 0.266 bits per heavy atom. The lowest BCUT2D eigenvalue weighted by atomic mass is 9.91. The van der Waals surface area contributed by atoms with E-state index < -0.39 is 0 Å². The van der Waals surface area contributed by atoms with E-state index in [1.54, 1.807) is 0 Å². The lowest BCUT2D eigenvalue weighted by Gasteiger charge is -2.13. The third-order valence-corrected chi connectivity index (χ3v) is 15.5. The van der Waals surface area contributed by atoms with Crippen molar-refractivity contribution in [2.24, 2.45) is 0 Å². The molecule has 0 radical (unpaired) electrons. The molecule has 0 amide bonds. The van der Waals surface area contributed by atoms with Crippen LogP contribution in [0.15, 0.2) is 261 Å². The first-order valence-electron chi connectivity index (χ1n) is 26.3. The fourth-order valence-electron chi connectivity index (χ4n) is 11.9. The highest BCUT2D eigenvalue weighted by Crippen LogP contribution is 2.41. The van der Waals surface area contributed by atoms with Crippen molar-refractivity contribution in [2.45, 2.75) is 0 Å². The van der Waals surface area contributed by atoms with Crippen LogP contribution >= 0.6 is 0 Å². The molecule has 0 saturated heterocycles. The highest BCUT2D eigenvalue weighted by Gasteiger charge is 2.21. The van der Waals surface area contributed by atoms with Crippen molar-refractivity contribution in [3.8, 4) is 85.4 Å². The second-order valence-electron chi connectivity index (χ2n) is 20.0. The summed E-state index contributed by atoms with van der Waals surface area (Å²) in [5, 5.41) is 28.6. The molecule has 11 aromatic carbocycles. The second kappa shape index (κ2) is 18.3. The molecule has 0 aliphatic heterocycles. The van der Waals surface area contributed by atoms with Crippen LogP contribution in [0, 0.1) is 22.7 Å². The molecular weight excluding hydrogens is 963 g/mol. The Hall–Kier alpha value is -11.1. The summed E-state index contributed by atoms with van der Waals surface area (Å²) >= 11 is 0. The first-order chi connectivity index (χ1) is 39.1. The Morgan fingerprint density at radius 3 is 1.08 bits per heavy atom. The van der Waals surface area contributed by atoms with Crippen molar-refractivity contribution >= 4 is 65.4 Å². The summed E-state index contributed by atoms with van der Waals surface area (Å²) in [6.07, 6.45) is 0. The number of nitriles is 2. The van der Waals surface area contributed by atoms with E-state index in [1.165, 1.54) is 43.6 Å². The molecule has 0 aliphatic rings. The molecule has 7 heteroatoms. The minimum atomic E-state index is 0.392. The highest BCUT2D eigenvalue weighted by molar-refractivity contribution is 6.14. The molecular formula is C72H43N7. The van der Waals surface area contributed by atoms with Gasteiger partial charge in [0.05, 0.1) is 67.8 Å². The van der Waals surface area contributed by atoms with Crippen molar-refractivity contribution in [3.63, 3.8) is 0 Å². The number of hydrogen-bond donors (Lipinski definition) is 0. The van der Waals surface area contributed by atoms with Gasteiger partial charge in [-0.05, 0) is 108 Å². The van der Waals surface area contributed by atoms with E-state index in [9.17, 15) is 10.5 Å². The van der Waals surface area contributed by atoms with E-state index in [0.717, 1.165) is 72.4 Å². The monoisotopic (exact) mass is 1010 g/mol. The minimum Gasteiger partial charge on any atom is -0.309 e. The van der Waals surface area contributed by atoms with Gasteiger partial charge in [-0.2, -0.15) is 10.5 Å². The van der Waals surface area contributed by atoms with Crippen LogP contribution < -0.4 is 0 Å². The summed E-state index contributed by atoms with van der Waals surface area (Å²) in [7, 11) is 0. The Balaban J connectivity index is 0.815. The van der Waals surface area contributed by atoms with Crippen LogP contribution in [0.25, 0.3) is 139 Å². The summed E-state index contributed by atoms with van der Waals surface area (Å²) in [6, 6.07) is 95.6. The highest BCUT2D eigenvalue weighted by atomic mass is 15.0. The smallest absolute Gasteiger partial charge is 0.160 e. The van der Waals surface area contributed by atoms with Crippen molar-refractivity contribution in [3.05, 3.63) is 272 Å². The van der Waals surface area contributed by atoms with E-state index >= 15 is 0 Å². The SMILES string of the molecule is N#Cc1cc(-c2cc(-c3ccccc3)nc(-c3ccccc3)n2)cc(C#N)c1-c1ccc(-c2ccc(-n3c4ccc(-n5c6ccccc6c6ccccc65)cc4c4cc(-n5c6ccccc6c6ccccc65)ccc43)cc2)cc1. The normalized spacial score (nSPS) is 11.5. The number of rotatable bonds is 8. The van der Waals surface area contributed by atoms with Crippen molar-refractivity contribution in [1.29, 1.82) is 10.5 Å². The molecule has 0 saturated carbocycles. The maximum atomic E-state index is 10.7. The van der Waals surface area contributed by atoms with Gasteiger partial charge < -0.3 is 13.7 Å². The maximum Gasteiger partial charge on any atom is 0.160 e. The van der Waals surface area contributed by atoms with Crippen LogP contribution in [-0.2, 0) is 0 Å². The summed E-state index contributed by atoms with van der Waals surface area (Å²) < 4.78 is 7.17. The molecule has 0 unspecified atom stereocenters. The standard InChI is InChI=1S/C72H43N7/c73-44-52-39-51(64-43-63(48-15-3-1-4-16-48)75-72(76-64)50-17-5-2-6-18-50)40-53(45-74)71(52)49-29-27-46(28-30-49)47-31-33-54(34-32-47)77-69-37-35-55(78-65-23-11-7-19-57(65)58-20-8-12-24-66(58)78)41-61(69)62-42-56(36-38-70(62)77)79-67-25-13-9-21-59(67)60-22-10-14-26-68(60)79/h1-43H. The Kier molecular flexibility index (Phi) is 10.5. The largest absolute Gasteiger partial charge is 0.309 e. The van der Waals surface area contributed by atoms with Gasteiger partial charge in [0.15, 0.2) is 5.82 Å². The van der Waals surface area contributed by atoms with Gasteiger partial charge in [0.2, 0.25) is 0 Å². The lowest BCUT2D eigenvalue weighted by molar-refractivity contribution is 1.16. The predicted molar refractivity (Wildman–Crippen MR) is 322 cm³/mol. The topological polar surface area (TPSA) is 88.2 Å². The molecule has 0 N–H and O–H groups in total. The van der Waals surface area contributed by atoms with Crippen LogP contribution in [0.2, 0.25) is 0 Å². The number of nitrogens with zero attached hydrogens (tertiary/aromatic N) is 7. The molecule has 0 fully saturated rings. The van der Waals surface area contributed by atoms with Crippen molar-refractivity contribution < 1.29 is 0 Å². The quantitative estimate of drug-likeness (QED) is 0.152. The number of para-hydroxylation sites is 4. The van der Waals surface area contributed by atoms with Crippen LogP contribution in [0.5, 0.6) is 0 Å². The number of benzene rings is 11. The summed E-state index contributed by atoms with van der Waals surface area (Å²) in [5.41, 5.74) is 18.2. The number of fused-ring (bicyclic) bond motifs is 9. The molecule has 4 aromatic heterocycles. The molecule has 0 aliphatic carbocycles. The van der Waals surface area contributed by atoms with Crippen LogP contribution in [0.4, 0.5) is 0 Å². The minimum absolute atomic E-state index is 0.392. The zero-order chi connectivity index (χ0) is 52.6. The van der Waals surface area contributed by atoms with Gasteiger partial charge in [0, 0.05) is 71.6 Å². The number of hydrogen-bond acceptors (Lipinski definition) is 4. The molecule has 4 heterocycles. The van der Waals surface area contributed by atoms with Gasteiger partial charge >= 0.3 is 0 Å². The van der Waals surface area contributed by atoms with Gasteiger partial charge in [-0.15, -0.1) is 0 Å². The van der Waals surface area contributed by atoms with E-state index in [-0.39, 0.29) is 0 Å². The van der Waals surface area contributed by atoms with E-state index in [2.05, 4.69) is 196 Å². The fourth-order valence-corrected chi connectivity index (χ4v) is 11.9. The second-order valence-corrected chi connectivity index (χ2v) is 20.0. The molecule has 15 aromatic rings. The third kappa shape index (κ3) is 7.41. The molecule has 0 spiro atoms.